The molecule has 2 rings (SSSR count). The zero-order valence-corrected chi connectivity index (χ0v) is 13.7. The van der Waals surface area contributed by atoms with Crippen LogP contribution in [0.4, 0.5) is 5.69 Å². The summed E-state index contributed by atoms with van der Waals surface area (Å²) in [6.07, 6.45) is 0. The summed E-state index contributed by atoms with van der Waals surface area (Å²) in [6.45, 7) is 9.10. The highest BCUT2D eigenvalue weighted by Gasteiger charge is 2.17. The molecule has 0 aliphatic rings. The molecule has 0 spiro atoms. The minimum Gasteiger partial charge on any atom is -0.322 e. The quantitative estimate of drug-likeness (QED) is 0.865. The van der Waals surface area contributed by atoms with Crippen molar-refractivity contribution < 1.29 is 9.59 Å². The Morgan fingerprint density at radius 1 is 1.05 bits per heavy atom. The van der Waals surface area contributed by atoms with Crippen LogP contribution in [0.15, 0.2) is 36.4 Å². The van der Waals surface area contributed by atoms with Crippen LogP contribution in [0.2, 0.25) is 0 Å². The summed E-state index contributed by atoms with van der Waals surface area (Å²) < 4.78 is 0. The Labute approximate surface area is 131 Å². The van der Waals surface area contributed by atoms with Gasteiger partial charge in [0.15, 0.2) is 5.78 Å². The first-order valence-corrected chi connectivity index (χ1v) is 7.34. The number of para-hydroxylation sites is 1. The van der Waals surface area contributed by atoms with Gasteiger partial charge >= 0.3 is 0 Å². The zero-order valence-electron chi connectivity index (χ0n) is 13.7. The first kappa shape index (κ1) is 17.6. The third-order valence-electron chi connectivity index (χ3n) is 3.08. The van der Waals surface area contributed by atoms with Crippen LogP contribution >= 0.6 is 0 Å². The maximum Gasteiger partial charge on any atom is 0.257 e. The van der Waals surface area contributed by atoms with E-state index in [1.54, 1.807) is 18.2 Å². The Bertz CT molecular complexity index is 664. The Morgan fingerprint density at radius 2 is 1.64 bits per heavy atom. The van der Waals surface area contributed by atoms with E-state index in [1.807, 2.05) is 45.9 Å². The Hall–Kier alpha value is -2.49. The van der Waals surface area contributed by atoms with Gasteiger partial charge in [0, 0.05) is 18.3 Å². The molecule has 0 saturated heterocycles. The second-order valence-corrected chi connectivity index (χ2v) is 4.66. The molecule has 116 valence electrons. The van der Waals surface area contributed by atoms with E-state index in [-0.39, 0.29) is 17.4 Å². The van der Waals surface area contributed by atoms with Crippen molar-refractivity contribution in [3.8, 4) is 0 Å². The Balaban J connectivity index is 0.00000116. The lowest BCUT2D eigenvalue weighted by Crippen LogP contribution is -2.18. The fourth-order valence-corrected chi connectivity index (χ4v) is 1.87. The van der Waals surface area contributed by atoms with Crippen molar-refractivity contribution in [2.75, 3.05) is 5.32 Å². The molecule has 1 amide bonds. The number of carbonyl (C=O) groups excluding carboxylic acids is 2. The van der Waals surface area contributed by atoms with Gasteiger partial charge < -0.3 is 5.32 Å². The predicted octanol–water partition coefficient (Wildman–Crippen LogP) is 4.18. The number of rotatable bonds is 3. The van der Waals surface area contributed by atoms with Gasteiger partial charge in [0.05, 0.1) is 5.56 Å². The monoisotopic (exact) mass is 298 g/mol. The Morgan fingerprint density at radius 3 is 2.18 bits per heavy atom. The van der Waals surface area contributed by atoms with Crippen molar-refractivity contribution in [2.24, 2.45) is 0 Å². The molecule has 1 heterocycles. The standard InChI is InChI=1S/C16H16N2O2.C2H6/c1-10-9-14(15(12(3)19)17-11(10)2)16(20)18-13-7-5-4-6-8-13;1-2/h4-9H,1-3H3,(H,18,20);1-2H3. The third kappa shape index (κ3) is 4.25. The number of ketones is 1. The summed E-state index contributed by atoms with van der Waals surface area (Å²) in [4.78, 5) is 28.2. The summed E-state index contributed by atoms with van der Waals surface area (Å²) in [7, 11) is 0. The summed E-state index contributed by atoms with van der Waals surface area (Å²) in [5.41, 5.74) is 2.84. The van der Waals surface area contributed by atoms with E-state index in [9.17, 15) is 9.59 Å². The second-order valence-electron chi connectivity index (χ2n) is 4.66. The van der Waals surface area contributed by atoms with Gasteiger partial charge in [-0.1, -0.05) is 32.0 Å². The van der Waals surface area contributed by atoms with E-state index >= 15 is 0 Å². The largest absolute Gasteiger partial charge is 0.322 e. The molecule has 0 unspecified atom stereocenters. The third-order valence-corrected chi connectivity index (χ3v) is 3.08. The molecule has 1 N–H and O–H groups in total. The molecule has 22 heavy (non-hydrogen) atoms. The molecular formula is C18H22N2O2. The number of carbonyl (C=O) groups is 2. The fraction of sp³-hybridized carbons (Fsp3) is 0.278. The molecule has 0 saturated carbocycles. The number of aromatic nitrogens is 1. The lowest BCUT2D eigenvalue weighted by Gasteiger charge is -2.10. The molecule has 0 bridgehead atoms. The SMILES string of the molecule is CC.CC(=O)c1nc(C)c(C)cc1C(=O)Nc1ccccc1. The number of Topliss-reactive ketones (excluding diaryl/α,β-unsaturated/α-hetero) is 1. The van der Waals surface area contributed by atoms with Crippen LogP contribution in [-0.4, -0.2) is 16.7 Å². The molecule has 0 aliphatic heterocycles. The molecule has 1 aromatic carbocycles. The van der Waals surface area contributed by atoms with Crippen molar-refractivity contribution in [3.63, 3.8) is 0 Å². The van der Waals surface area contributed by atoms with E-state index in [0.29, 0.717) is 11.3 Å². The van der Waals surface area contributed by atoms with Crippen molar-refractivity contribution in [1.82, 2.24) is 4.98 Å². The van der Waals surface area contributed by atoms with Gasteiger partial charge in [-0.3, -0.25) is 9.59 Å². The zero-order chi connectivity index (χ0) is 16.7. The fourth-order valence-electron chi connectivity index (χ4n) is 1.87. The topological polar surface area (TPSA) is 59.1 Å². The average Bonchev–Trinajstić information content (AvgIpc) is 2.52. The lowest BCUT2D eigenvalue weighted by molar-refractivity contribution is 0.0981. The van der Waals surface area contributed by atoms with Crippen LogP contribution in [0.1, 0.15) is 52.9 Å². The number of aryl methyl sites for hydroxylation is 2. The van der Waals surface area contributed by atoms with Gasteiger partial charge in [0.25, 0.3) is 5.91 Å². The second kappa shape index (κ2) is 8.08. The minimum absolute atomic E-state index is 0.210. The normalized spacial score (nSPS) is 9.50. The summed E-state index contributed by atoms with van der Waals surface area (Å²) >= 11 is 0. The highest BCUT2D eigenvalue weighted by Crippen LogP contribution is 2.15. The number of hydrogen-bond donors (Lipinski definition) is 1. The van der Waals surface area contributed by atoms with E-state index in [4.69, 9.17) is 0 Å². The summed E-state index contributed by atoms with van der Waals surface area (Å²) in [6, 6.07) is 10.8. The molecule has 0 fully saturated rings. The van der Waals surface area contributed by atoms with Gasteiger partial charge in [-0.25, -0.2) is 4.98 Å². The summed E-state index contributed by atoms with van der Waals surface area (Å²) in [5.74, 6) is -0.539. The van der Waals surface area contributed by atoms with Crippen LogP contribution in [0, 0.1) is 13.8 Å². The predicted molar refractivity (Wildman–Crippen MR) is 89.5 cm³/mol. The number of nitrogens with one attached hydrogen (secondary N) is 1. The average molecular weight is 298 g/mol. The van der Waals surface area contributed by atoms with Crippen LogP contribution in [-0.2, 0) is 0 Å². The van der Waals surface area contributed by atoms with Gasteiger partial charge in [-0.15, -0.1) is 0 Å². The van der Waals surface area contributed by atoms with Crippen LogP contribution in [0.5, 0.6) is 0 Å². The highest BCUT2D eigenvalue weighted by atomic mass is 16.2. The lowest BCUT2D eigenvalue weighted by atomic mass is 10.1. The maximum absolute atomic E-state index is 12.3. The molecule has 1 aromatic heterocycles. The number of amides is 1. The van der Waals surface area contributed by atoms with Crippen LogP contribution < -0.4 is 5.32 Å². The number of hydrogen-bond acceptors (Lipinski definition) is 3. The van der Waals surface area contributed by atoms with Crippen molar-refractivity contribution in [3.05, 3.63) is 58.9 Å². The molecular weight excluding hydrogens is 276 g/mol. The molecule has 4 nitrogen and oxygen atoms in total. The van der Waals surface area contributed by atoms with Crippen molar-refractivity contribution >= 4 is 17.4 Å². The number of benzene rings is 1. The summed E-state index contributed by atoms with van der Waals surface area (Å²) in [5, 5.41) is 2.77. The van der Waals surface area contributed by atoms with Gasteiger partial charge in [-0.05, 0) is 37.6 Å². The van der Waals surface area contributed by atoms with Crippen molar-refractivity contribution in [2.45, 2.75) is 34.6 Å². The van der Waals surface area contributed by atoms with E-state index in [0.717, 1.165) is 11.3 Å². The molecule has 0 aliphatic carbocycles. The van der Waals surface area contributed by atoms with Crippen LogP contribution in [0.3, 0.4) is 0 Å². The number of pyridine rings is 1. The van der Waals surface area contributed by atoms with Gasteiger partial charge in [0.1, 0.15) is 5.69 Å². The first-order chi connectivity index (χ1) is 10.5. The number of nitrogens with zero attached hydrogens (tertiary/aromatic N) is 1. The first-order valence-electron chi connectivity index (χ1n) is 7.34. The molecule has 0 atom stereocenters. The van der Waals surface area contributed by atoms with E-state index < -0.39 is 0 Å². The van der Waals surface area contributed by atoms with E-state index in [1.165, 1.54) is 6.92 Å². The molecule has 0 radical (unpaired) electrons. The smallest absolute Gasteiger partial charge is 0.257 e. The molecule has 2 aromatic rings. The van der Waals surface area contributed by atoms with Crippen LogP contribution in [0.25, 0.3) is 0 Å². The maximum atomic E-state index is 12.3. The van der Waals surface area contributed by atoms with E-state index in [2.05, 4.69) is 10.3 Å². The molecule has 4 heteroatoms. The van der Waals surface area contributed by atoms with Crippen molar-refractivity contribution in [1.29, 1.82) is 0 Å². The number of anilines is 1. The minimum atomic E-state index is -0.322. The highest BCUT2D eigenvalue weighted by molar-refractivity contribution is 6.11. The van der Waals surface area contributed by atoms with Gasteiger partial charge in [-0.2, -0.15) is 0 Å². The Kier molecular flexibility index (Phi) is 6.45. The van der Waals surface area contributed by atoms with Gasteiger partial charge in [0.2, 0.25) is 0 Å².